The molecule has 1 saturated carbocycles. The van der Waals surface area contributed by atoms with E-state index >= 15 is 0 Å². The molecule has 2 fully saturated rings. The maximum Gasteiger partial charge on any atom is 0.0696 e. The summed E-state index contributed by atoms with van der Waals surface area (Å²) >= 11 is 0. The van der Waals surface area contributed by atoms with Gasteiger partial charge in [-0.05, 0) is 19.9 Å². The van der Waals surface area contributed by atoms with Crippen molar-refractivity contribution in [3.63, 3.8) is 0 Å². The molecule has 0 spiro atoms. The van der Waals surface area contributed by atoms with E-state index in [1.807, 2.05) is 0 Å². The topological polar surface area (TPSA) is 26.7 Å². The highest BCUT2D eigenvalue weighted by molar-refractivity contribution is 4.90. The van der Waals surface area contributed by atoms with Gasteiger partial charge in [0.1, 0.15) is 0 Å². The SMILES string of the molecule is CN1CCN([C@@H]2CC[C@H]2O)CC1. The third kappa shape index (κ3) is 1.49. The highest BCUT2D eigenvalue weighted by atomic mass is 16.3. The van der Waals surface area contributed by atoms with Gasteiger partial charge in [-0.25, -0.2) is 0 Å². The average Bonchev–Trinajstić information content (AvgIpc) is 2.06. The summed E-state index contributed by atoms with van der Waals surface area (Å²) in [5, 5.41) is 9.47. The van der Waals surface area contributed by atoms with Crippen molar-refractivity contribution >= 4 is 0 Å². The van der Waals surface area contributed by atoms with E-state index in [-0.39, 0.29) is 6.10 Å². The summed E-state index contributed by atoms with van der Waals surface area (Å²) in [7, 11) is 2.16. The normalized spacial score (nSPS) is 39.5. The number of nitrogens with zero attached hydrogens (tertiary/aromatic N) is 2. The van der Waals surface area contributed by atoms with Crippen LogP contribution >= 0.6 is 0 Å². The molecule has 0 aromatic heterocycles. The van der Waals surface area contributed by atoms with Gasteiger partial charge in [-0.2, -0.15) is 0 Å². The Balaban J connectivity index is 1.81. The van der Waals surface area contributed by atoms with Gasteiger partial charge in [0.2, 0.25) is 0 Å². The van der Waals surface area contributed by atoms with Gasteiger partial charge in [0.05, 0.1) is 6.10 Å². The second-order valence-corrected chi connectivity index (χ2v) is 4.05. The molecule has 2 atom stereocenters. The Bertz CT molecular complexity index is 155. The first-order valence-electron chi connectivity index (χ1n) is 4.88. The number of aliphatic hydroxyl groups is 1. The van der Waals surface area contributed by atoms with E-state index in [1.54, 1.807) is 0 Å². The fourth-order valence-electron chi connectivity index (χ4n) is 2.04. The minimum absolute atomic E-state index is 0.0339. The second kappa shape index (κ2) is 3.32. The van der Waals surface area contributed by atoms with Crippen LogP contribution in [0, 0.1) is 0 Å². The van der Waals surface area contributed by atoms with Crippen molar-refractivity contribution in [3.8, 4) is 0 Å². The zero-order chi connectivity index (χ0) is 8.55. The molecule has 0 bridgehead atoms. The predicted molar refractivity (Wildman–Crippen MR) is 48.1 cm³/mol. The fraction of sp³-hybridized carbons (Fsp3) is 1.00. The first-order valence-corrected chi connectivity index (χ1v) is 4.88. The monoisotopic (exact) mass is 170 g/mol. The molecule has 1 heterocycles. The maximum absolute atomic E-state index is 9.47. The smallest absolute Gasteiger partial charge is 0.0696 e. The van der Waals surface area contributed by atoms with Crippen LogP contribution < -0.4 is 0 Å². The molecule has 1 aliphatic carbocycles. The van der Waals surface area contributed by atoms with E-state index in [2.05, 4.69) is 16.8 Å². The third-order valence-electron chi connectivity index (χ3n) is 3.21. The first kappa shape index (κ1) is 8.48. The van der Waals surface area contributed by atoms with Gasteiger partial charge in [-0.1, -0.05) is 0 Å². The van der Waals surface area contributed by atoms with Crippen molar-refractivity contribution < 1.29 is 5.11 Å². The van der Waals surface area contributed by atoms with Crippen LogP contribution in [0.25, 0.3) is 0 Å². The van der Waals surface area contributed by atoms with Crippen LogP contribution in [-0.2, 0) is 0 Å². The average molecular weight is 170 g/mol. The highest BCUT2D eigenvalue weighted by Gasteiger charge is 2.34. The largest absolute Gasteiger partial charge is 0.391 e. The minimum Gasteiger partial charge on any atom is -0.391 e. The number of aliphatic hydroxyl groups excluding tert-OH is 1. The Kier molecular flexibility index (Phi) is 2.35. The van der Waals surface area contributed by atoms with Crippen molar-refractivity contribution in [1.82, 2.24) is 9.80 Å². The fourth-order valence-corrected chi connectivity index (χ4v) is 2.04. The van der Waals surface area contributed by atoms with Crippen LogP contribution in [-0.4, -0.2) is 60.3 Å². The highest BCUT2D eigenvalue weighted by Crippen LogP contribution is 2.25. The van der Waals surface area contributed by atoms with E-state index < -0.39 is 0 Å². The summed E-state index contributed by atoms with van der Waals surface area (Å²) in [5.74, 6) is 0. The van der Waals surface area contributed by atoms with Crippen molar-refractivity contribution in [2.75, 3.05) is 33.2 Å². The number of piperazine rings is 1. The molecular formula is C9H18N2O. The standard InChI is InChI=1S/C9H18N2O/c1-10-4-6-11(7-5-10)8-2-3-9(8)12/h8-9,12H,2-7H2,1H3/t8-,9-/m1/s1. The van der Waals surface area contributed by atoms with Gasteiger partial charge in [0.25, 0.3) is 0 Å². The Labute approximate surface area is 74.0 Å². The maximum atomic E-state index is 9.47. The number of hydrogen-bond acceptors (Lipinski definition) is 3. The lowest BCUT2D eigenvalue weighted by atomic mass is 9.87. The van der Waals surface area contributed by atoms with E-state index in [1.165, 1.54) is 6.42 Å². The van der Waals surface area contributed by atoms with Crippen LogP contribution in [0.15, 0.2) is 0 Å². The molecule has 0 aromatic carbocycles. The first-order chi connectivity index (χ1) is 5.77. The molecule has 70 valence electrons. The molecule has 3 nitrogen and oxygen atoms in total. The lowest BCUT2D eigenvalue weighted by Gasteiger charge is -2.45. The van der Waals surface area contributed by atoms with Crippen LogP contribution in [0.2, 0.25) is 0 Å². The number of likely N-dealkylation sites (N-methyl/N-ethyl adjacent to an activating group) is 1. The Morgan fingerprint density at radius 2 is 1.75 bits per heavy atom. The Morgan fingerprint density at radius 1 is 1.08 bits per heavy atom. The zero-order valence-corrected chi connectivity index (χ0v) is 7.74. The van der Waals surface area contributed by atoms with E-state index in [0.29, 0.717) is 6.04 Å². The molecule has 1 N–H and O–H groups in total. The summed E-state index contributed by atoms with van der Waals surface area (Å²) in [5.41, 5.74) is 0. The molecule has 2 rings (SSSR count). The zero-order valence-electron chi connectivity index (χ0n) is 7.74. The van der Waals surface area contributed by atoms with Gasteiger partial charge in [-0.15, -0.1) is 0 Å². The summed E-state index contributed by atoms with van der Waals surface area (Å²) in [6, 6.07) is 0.485. The third-order valence-corrected chi connectivity index (χ3v) is 3.21. The molecule has 1 aliphatic heterocycles. The minimum atomic E-state index is -0.0339. The van der Waals surface area contributed by atoms with E-state index in [4.69, 9.17) is 0 Å². The number of hydrogen-bond donors (Lipinski definition) is 1. The van der Waals surface area contributed by atoms with Crippen molar-refractivity contribution in [3.05, 3.63) is 0 Å². The Hall–Kier alpha value is -0.120. The second-order valence-electron chi connectivity index (χ2n) is 4.05. The van der Waals surface area contributed by atoms with Crippen LogP contribution in [0.3, 0.4) is 0 Å². The van der Waals surface area contributed by atoms with Crippen LogP contribution in [0.1, 0.15) is 12.8 Å². The van der Waals surface area contributed by atoms with E-state index in [0.717, 1.165) is 32.6 Å². The van der Waals surface area contributed by atoms with Gasteiger partial charge in [0, 0.05) is 32.2 Å². The summed E-state index contributed by atoms with van der Waals surface area (Å²) in [4.78, 5) is 4.79. The van der Waals surface area contributed by atoms with Gasteiger partial charge < -0.3 is 10.0 Å². The quantitative estimate of drug-likeness (QED) is 0.588. The molecule has 0 unspecified atom stereocenters. The lowest BCUT2D eigenvalue weighted by molar-refractivity contribution is -0.0363. The summed E-state index contributed by atoms with van der Waals surface area (Å²) in [6.45, 7) is 4.59. The van der Waals surface area contributed by atoms with Gasteiger partial charge in [-0.3, -0.25) is 4.90 Å². The molecule has 2 aliphatic rings. The van der Waals surface area contributed by atoms with Crippen LogP contribution in [0.4, 0.5) is 0 Å². The molecule has 0 radical (unpaired) electrons. The molecule has 0 amide bonds. The van der Waals surface area contributed by atoms with Gasteiger partial charge >= 0.3 is 0 Å². The van der Waals surface area contributed by atoms with Crippen molar-refractivity contribution in [2.24, 2.45) is 0 Å². The predicted octanol–water partition coefficient (Wildman–Crippen LogP) is -0.243. The summed E-state index contributed by atoms with van der Waals surface area (Å²) in [6.07, 6.45) is 2.18. The van der Waals surface area contributed by atoms with Crippen molar-refractivity contribution in [2.45, 2.75) is 25.0 Å². The molecule has 0 aromatic rings. The molecule has 1 saturated heterocycles. The Morgan fingerprint density at radius 3 is 2.17 bits per heavy atom. The molecule has 12 heavy (non-hydrogen) atoms. The van der Waals surface area contributed by atoms with Crippen LogP contribution in [0.5, 0.6) is 0 Å². The lowest BCUT2D eigenvalue weighted by Crippen LogP contribution is -2.56. The van der Waals surface area contributed by atoms with Gasteiger partial charge in [0.15, 0.2) is 0 Å². The number of rotatable bonds is 1. The van der Waals surface area contributed by atoms with E-state index in [9.17, 15) is 5.11 Å². The molecule has 3 heteroatoms. The van der Waals surface area contributed by atoms with Crippen molar-refractivity contribution in [1.29, 1.82) is 0 Å². The molecular weight excluding hydrogens is 152 g/mol. The summed E-state index contributed by atoms with van der Waals surface area (Å²) < 4.78 is 0.